The number of nitrogens with zero attached hydrogens (tertiary/aromatic N) is 1. The lowest BCUT2D eigenvalue weighted by molar-refractivity contribution is -0.138. The highest BCUT2D eigenvalue weighted by atomic mass is 19.1. The largest absolute Gasteiger partial charge is 0.381 e. The molecule has 2 N–H and O–H groups in total. The van der Waals surface area contributed by atoms with Gasteiger partial charge in [-0.15, -0.1) is 0 Å². The highest BCUT2D eigenvalue weighted by Gasteiger charge is 2.54. The molecule has 6 nitrogen and oxygen atoms in total. The Bertz CT molecular complexity index is 482. The molecule has 24 heavy (non-hydrogen) atoms. The molecular weight excluding hydrogens is 313 g/mol. The van der Waals surface area contributed by atoms with Crippen LogP contribution >= 0.6 is 0 Å². The number of urea groups is 1. The van der Waals surface area contributed by atoms with E-state index in [1.807, 2.05) is 0 Å². The highest BCUT2D eigenvalue weighted by molar-refractivity contribution is 5.85. The number of carbonyl (C=O) groups excluding carboxylic acids is 2. The van der Waals surface area contributed by atoms with Crippen LogP contribution in [0.15, 0.2) is 0 Å². The molecule has 0 aromatic heterocycles. The molecule has 0 spiro atoms. The lowest BCUT2D eigenvalue weighted by Gasteiger charge is -2.36. The second-order valence-electron chi connectivity index (χ2n) is 7.44. The zero-order valence-corrected chi connectivity index (χ0v) is 14.4. The minimum absolute atomic E-state index is 0.00682. The molecule has 2 atom stereocenters. The summed E-state index contributed by atoms with van der Waals surface area (Å²) >= 11 is 0. The van der Waals surface area contributed by atoms with Crippen molar-refractivity contribution in [2.24, 2.45) is 17.3 Å². The van der Waals surface area contributed by atoms with Crippen LogP contribution in [0, 0.1) is 17.3 Å². The Hall–Kier alpha value is -1.37. The normalized spacial score (nSPS) is 36.1. The summed E-state index contributed by atoms with van der Waals surface area (Å²) in [5.74, 6) is 0.424. The van der Waals surface area contributed by atoms with Crippen LogP contribution in [0.1, 0.15) is 32.1 Å². The molecule has 0 radical (unpaired) electrons. The molecule has 0 unspecified atom stereocenters. The van der Waals surface area contributed by atoms with E-state index >= 15 is 0 Å². The maximum Gasteiger partial charge on any atom is 0.317 e. The van der Waals surface area contributed by atoms with Gasteiger partial charge in [0.2, 0.25) is 5.91 Å². The van der Waals surface area contributed by atoms with Gasteiger partial charge in [-0.3, -0.25) is 4.79 Å². The molecule has 0 aromatic rings. The summed E-state index contributed by atoms with van der Waals surface area (Å²) in [6.45, 7) is 2.68. The number of rotatable bonds is 3. The van der Waals surface area contributed by atoms with Crippen molar-refractivity contribution < 1.29 is 18.7 Å². The zero-order valence-electron chi connectivity index (χ0n) is 14.4. The SMILES string of the molecule is CNC(=O)[C@@]12CCOC[C@@H]1CN(C(=O)NCC1CCC(F)CC1)C2. The number of halogens is 1. The van der Waals surface area contributed by atoms with Gasteiger partial charge in [0.25, 0.3) is 0 Å². The minimum Gasteiger partial charge on any atom is -0.381 e. The van der Waals surface area contributed by atoms with Gasteiger partial charge in [-0.1, -0.05) is 0 Å². The van der Waals surface area contributed by atoms with E-state index in [0.29, 0.717) is 58.0 Å². The molecule has 3 rings (SSSR count). The van der Waals surface area contributed by atoms with Gasteiger partial charge in [0.15, 0.2) is 0 Å². The number of hydrogen-bond acceptors (Lipinski definition) is 3. The van der Waals surface area contributed by atoms with Crippen LogP contribution in [0.3, 0.4) is 0 Å². The monoisotopic (exact) mass is 341 g/mol. The third-order valence-corrected chi connectivity index (χ3v) is 5.99. The number of fused-ring (bicyclic) bond motifs is 1. The zero-order chi connectivity index (χ0) is 17.2. The maximum absolute atomic E-state index is 13.2. The van der Waals surface area contributed by atoms with E-state index in [1.54, 1.807) is 11.9 Å². The number of carbonyl (C=O) groups is 2. The summed E-state index contributed by atoms with van der Waals surface area (Å²) in [5, 5.41) is 5.74. The lowest BCUT2D eigenvalue weighted by atomic mass is 9.73. The molecular formula is C17H28FN3O3. The van der Waals surface area contributed by atoms with Gasteiger partial charge in [0.1, 0.15) is 6.17 Å². The van der Waals surface area contributed by atoms with Crippen molar-refractivity contribution in [1.29, 1.82) is 0 Å². The first-order valence-electron chi connectivity index (χ1n) is 9.02. The molecule has 2 aliphatic heterocycles. The number of nitrogens with one attached hydrogen (secondary N) is 2. The smallest absolute Gasteiger partial charge is 0.317 e. The van der Waals surface area contributed by atoms with E-state index in [1.165, 1.54) is 0 Å². The summed E-state index contributed by atoms with van der Waals surface area (Å²) in [5.41, 5.74) is -0.517. The Labute approximate surface area is 142 Å². The molecule has 3 amide bonds. The first-order valence-corrected chi connectivity index (χ1v) is 9.02. The quantitative estimate of drug-likeness (QED) is 0.813. The average molecular weight is 341 g/mol. The average Bonchev–Trinajstić information content (AvgIpc) is 3.01. The third kappa shape index (κ3) is 3.36. The van der Waals surface area contributed by atoms with Crippen molar-refractivity contribution in [2.45, 2.75) is 38.3 Å². The van der Waals surface area contributed by atoms with Crippen molar-refractivity contribution in [2.75, 3.05) is 39.9 Å². The van der Waals surface area contributed by atoms with Gasteiger partial charge in [-0.2, -0.15) is 0 Å². The van der Waals surface area contributed by atoms with Crippen molar-refractivity contribution in [3.8, 4) is 0 Å². The fourth-order valence-corrected chi connectivity index (χ4v) is 4.39. The first kappa shape index (κ1) is 17.5. The molecule has 136 valence electrons. The maximum atomic E-state index is 13.2. The van der Waals surface area contributed by atoms with Crippen LogP contribution in [-0.2, 0) is 9.53 Å². The van der Waals surface area contributed by atoms with E-state index in [-0.39, 0.29) is 17.9 Å². The summed E-state index contributed by atoms with van der Waals surface area (Å²) in [6, 6.07) is -0.116. The molecule has 7 heteroatoms. The molecule has 0 aromatic carbocycles. The van der Waals surface area contributed by atoms with Crippen LogP contribution in [0.5, 0.6) is 0 Å². The molecule has 1 saturated carbocycles. The highest BCUT2D eigenvalue weighted by Crippen LogP contribution is 2.42. The summed E-state index contributed by atoms with van der Waals surface area (Å²) in [4.78, 5) is 26.7. The van der Waals surface area contributed by atoms with Gasteiger partial charge in [-0.25, -0.2) is 9.18 Å². The molecule has 1 aliphatic carbocycles. The van der Waals surface area contributed by atoms with Gasteiger partial charge < -0.3 is 20.3 Å². The standard InChI is InChI=1S/C17H28FN3O3/c1-19-15(22)17-6-7-24-10-13(17)9-21(11-17)16(23)20-8-12-2-4-14(18)5-3-12/h12-14H,2-11H2,1H3,(H,19,22)(H,20,23)/t12?,13-,14?,17+/m0/s1. The fraction of sp³-hybridized carbons (Fsp3) is 0.882. The Balaban J connectivity index is 1.55. The molecule has 2 heterocycles. The van der Waals surface area contributed by atoms with E-state index in [2.05, 4.69) is 10.6 Å². The van der Waals surface area contributed by atoms with E-state index in [9.17, 15) is 14.0 Å². The van der Waals surface area contributed by atoms with Gasteiger partial charge >= 0.3 is 6.03 Å². The van der Waals surface area contributed by atoms with E-state index in [0.717, 1.165) is 12.8 Å². The van der Waals surface area contributed by atoms with Gasteiger partial charge in [-0.05, 0) is 38.0 Å². The first-order chi connectivity index (χ1) is 11.5. The van der Waals surface area contributed by atoms with Crippen LogP contribution < -0.4 is 10.6 Å². The number of alkyl halides is 1. The third-order valence-electron chi connectivity index (χ3n) is 5.99. The Morgan fingerprint density at radius 3 is 2.75 bits per heavy atom. The summed E-state index contributed by atoms with van der Waals surface area (Å²) < 4.78 is 18.7. The number of amides is 3. The summed E-state index contributed by atoms with van der Waals surface area (Å²) in [6.07, 6.45) is 2.85. The lowest BCUT2D eigenvalue weighted by Crippen LogP contribution is -2.50. The van der Waals surface area contributed by atoms with Crippen LogP contribution in [-0.4, -0.2) is 62.9 Å². The molecule has 0 bridgehead atoms. The van der Waals surface area contributed by atoms with Crippen LogP contribution in [0.4, 0.5) is 9.18 Å². The Morgan fingerprint density at radius 1 is 1.29 bits per heavy atom. The second kappa shape index (κ2) is 7.25. The topological polar surface area (TPSA) is 70.7 Å². The van der Waals surface area contributed by atoms with Crippen LogP contribution in [0.25, 0.3) is 0 Å². The number of ether oxygens (including phenoxy) is 1. The molecule has 2 saturated heterocycles. The van der Waals surface area contributed by atoms with Crippen molar-refractivity contribution in [1.82, 2.24) is 15.5 Å². The van der Waals surface area contributed by atoms with Gasteiger partial charge in [0, 0.05) is 39.2 Å². The molecule has 3 aliphatic rings. The second-order valence-corrected chi connectivity index (χ2v) is 7.44. The predicted molar refractivity (Wildman–Crippen MR) is 87.3 cm³/mol. The number of hydrogen-bond donors (Lipinski definition) is 2. The van der Waals surface area contributed by atoms with Crippen molar-refractivity contribution in [3.63, 3.8) is 0 Å². The predicted octanol–water partition coefficient (Wildman–Crippen LogP) is 1.31. The van der Waals surface area contributed by atoms with Crippen molar-refractivity contribution >= 4 is 11.9 Å². The number of likely N-dealkylation sites (tertiary alicyclic amines) is 1. The van der Waals surface area contributed by atoms with Crippen LogP contribution in [0.2, 0.25) is 0 Å². The minimum atomic E-state index is -0.675. The van der Waals surface area contributed by atoms with E-state index in [4.69, 9.17) is 4.74 Å². The Kier molecular flexibility index (Phi) is 5.27. The fourth-order valence-electron chi connectivity index (χ4n) is 4.39. The molecule has 3 fully saturated rings. The summed E-state index contributed by atoms with van der Waals surface area (Å²) in [7, 11) is 1.65. The van der Waals surface area contributed by atoms with Gasteiger partial charge in [0.05, 0.1) is 12.0 Å². The Morgan fingerprint density at radius 2 is 2.04 bits per heavy atom. The van der Waals surface area contributed by atoms with Crippen molar-refractivity contribution in [3.05, 3.63) is 0 Å². The van der Waals surface area contributed by atoms with E-state index < -0.39 is 11.6 Å².